The van der Waals surface area contributed by atoms with Crippen molar-refractivity contribution in [1.29, 1.82) is 0 Å². The Labute approximate surface area is 140 Å². The summed E-state index contributed by atoms with van der Waals surface area (Å²) in [5.41, 5.74) is 2.06. The van der Waals surface area contributed by atoms with Gasteiger partial charge in [-0.05, 0) is 35.9 Å². The smallest absolute Gasteiger partial charge is 0.251 e. The van der Waals surface area contributed by atoms with Crippen LogP contribution in [-0.2, 0) is 11.3 Å². The first-order valence-electron chi connectivity index (χ1n) is 7.40. The molecule has 0 aliphatic rings. The molecule has 2 rings (SSSR count). The molecule has 0 aliphatic heterocycles. The van der Waals surface area contributed by atoms with Crippen molar-refractivity contribution < 1.29 is 9.59 Å². The molecule has 120 valence electrons. The maximum absolute atomic E-state index is 12.1. The Morgan fingerprint density at radius 1 is 1.04 bits per heavy atom. The fourth-order valence-electron chi connectivity index (χ4n) is 1.91. The molecule has 0 atom stereocenters. The molecule has 0 saturated heterocycles. The van der Waals surface area contributed by atoms with E-state index in [9.17, 15) is 9.59 Å². The molecule has 0 spiro atoms. The minimum Gasteiger partial charge on any atom is -0.348 e. The third-order valence-electron chi connectivity index (χ3n) is 3.34. The summed E-state index contributed by atoms with van der Waals surface area (Å²) in [6.45, 7) is 4.02. The Morgan fingerprint density at radius 3 is 2.30 bits per heavy atom. The van der Waals surface area contributed by atoms with Crippen molar-refractivity contribution >= 4 is 29.1 Å². The van der Waals surface area contributed by atoms with Gasteiger partial charge in [0, 0.05) is 28.7 Å². The van der Waals surface area contributed by atoms with E-state index in [1.54, 1.807) is 30.3 Å². The van der Waals surface area contributed by atoms with Crippen molar-refractivity contribution in [3.63, 3.8) is 0 Å². The molecular weight excluding hydrogens is 312 g/mol. The molecule has 2 amide bonds. The van der Waals surface area contributed by atoms with Gasteiger partial charge in [0.25, 0.3) is 5.91 Å². The highest BCUT2D eigenvalue weighted by Crippen LogP contribution is 2.15. The lowest BCUT2D eigenvalue weighted by molar-refractivity contribution is -0.118. The third-order valence-corrected chi connectivity index (χ3v) is 3.70. The Hall–Kier alpha value is -2.33. The van der Waals surface area contributed by atoms with Gasteiger partial charge in [-0.1, -0.05) is 43.6 Å². The van der Waals surface area contributed by atoms with E-state index in [1.807, 2.05) is 32.0 Å². The molecule has 0 heterocycles. The number of amides is 2. The van der Waals surface area contributed by atoms with E-state index in [4.69, 9.17) is 11.6 Å². The Morgan fingerprint density at radius 2 is 1.70 bits per heavy atom. The summed E-state index contributed by atoms with van der Waals surface area (Å²) in [5.74, 6) is -0.332. The third kappa shape index (κ3) is 4.83. The lowest BCUT2D eigenvalue weighted by Crippen LogP contribution is -2.23. The topological polar surface area (TPSA) is 58.2 Å². The first kappa shape index (κ1) is 17.0. The van der Waals surface area contributed by atoms with E-state index in [-0.39, 0.29) is 17.7 Å². The Kier molecular flexibility index (Phi) is 5.77. The monoisotopic (exact) mass is 330 g/mol. The van der Waals surface area contributed by atoms with Crippen molar-refractivity contribution in [3.8, 4) is 0 Å². The largest absolute Gasteiger partial charge is 0.348 e. The fourth-order valence-corrected chi connectivity index (χ4v) is 2.11. The van der Waals surface area contributed by atoms with Gasteiger partial charge in [0.15, 0.2) is 0 Å². The van der Waals surface area contributed by atoms with Crippen LogP contribution in [0.1, 0.15) is 29.8 Å². The molecule has 23 heavy (non-hydrogen) atoms. The number of anilines is 1. The predicted octanol–water partition coefficient (Wildman–Crippen LogP) is 3.86. The molecule has 4 nitrogen and oxygen atoms in total. The van der Waals surface area contributed by atoms with Gasteiger partial charge < -0.3 is 10.6 Å². The van der Waals surface area contributed by atoms with Crippen LogP contribution < -0.4 is 10.6 Å². The van der Waals surface area contributed by atoms with Crippen LogP contribution in [0, 0.1) is 5.92 Å². The van der Waals surface area contributed by atoms with Gasteiger partial charge in [-0.3, -0.25) is 9.59 Å². The molecule has 2 aromatic rings. The highest BCUT2D eigenvalue weighted by Gasteiger charge is 2.09. The number of rotatable bonds is 5. The van der Waals surface area contributed by atoms with Gasteiger partial charge in [-0.2, -0.15) is 0 Å². The minimum absolute atomic E-state index is 0.0547. The van der Waals surface area contributed by atoms with E-state index in [2.05, 4.69) is 10.6 Å². The number of hydrogen-bond donors (Lipinski definition) is 2. The maximum Gasteiger partial charge on any atom is 0.251 e. The molecule has 0 bridgehead atoms. The van der Waals surface area contributed by atoms with Crippen LogP contribution in [0.5, 0.6) is 0 Å². The second kappa shape index (κ2) is 7.79. The molecular formula is C18H19ClN2O2. The lowest BCUT2D eigenvalue weighted by atomic mass is 10.1. The van der Waals surface area contributed by atoms with Crippen LogP contribution >= 0.6 is 11.6 Å². The maximum atomic E-state index is 12.1. The summed E-state index contributed by atoms with van der Waals surface area (Å²) < 4.78 is 0. The van der Waals surface area contributed by atoms with Crippen molar-refractivity contribution in [2.24, 2.45) is 5.92 Å². The second-order valence-electron chi connectivity index (χ2n) is 5.50. The normalized spacial score (nSPS) is 10.4. The van der Waals surface area contributed by atoms with Crippen LogP contribution in [0.2, 0.25) is 5.02 Å². The molecule has 0 aromatic heterocycles. The summed E-state index contributed by atoms with van der Waals surface area (Å²) in [7, 11) is 0. The SMILES string of the molecule is CC(C)C(=O)Nc1ccc(C(=O)NCc2ccccc2Cl)cc1. The van der Waals surface area contributed by atoms with Crippen molar-refractivity contribution in [2.75, 3.05) is 5.32 Å². The lowest BCUT2D eigenvalue weighted by Gasteiger charge is -2.09. The zero-order chi connectivity index (χ0) is 16.8. The van der Waals surface area contributed by atoms with E-state index >= 15 is 0 Å². The summed E-state index contributed by atoms with van der Waals surface area (Å²) in [6, 6.07) is 14.2. The minimum atomic E-state index is -0.188. The summed E-state index contributed by atoms with van der Waals surface area (Å²) in [4.78, 5) is 23.7. The van der Waals surface area contributed by atoms with Gasteiger partial charge in [-0.15, -0.1) is 0 Å². The second-order valence-corrected chi connectivity index (χ2v) is 5.90. The van der Waals surface area contributed by atoms with Crippen LogP contribution in [0.15, 0.2) is 48.5 Å². The summed E-state index contributed by atoms with van der Waals surface area (Å²) in [6.07, 6.45) is 0. The standard InChI is InChI=1S/C18H19ClN2O2/c1-12(2)17(22)21-15-9-7-13(8-10-15)18(23)20-11-14-5-3-4-6-16(14)19/h3-10,12H,11H2,1-2H3,(H,20,23)(H,21,22). The number of carbonyl (C=O) groups excluding carboxylic acids is 2. The molecule has 2 N–H and O–H groups in total. The zero-order valence-electron chi connectivity index (χ0n) is 13.1. The first-order chi connectivity index (χ1) is 11.0. The highest BCUT2D eigenvalue weighted by molar-refractivity contribution is 6.31. The van der Waals surface area contributed by atoms with E-state index in [0.717, 1.165) is 5.56 Å². The summed E-state index contributed by atoms with van der Waals surface area (Å²) >= 11 is 6.06. The average molecular weight is 331 g/mol. The van der Waals surface area contributed by atoms with Crippen LogP contribution in [0.3, 0.4) is 0 Å². The van der Waals surface area contributed by atoms with E-state index in [0.29, 0.717) is 22.8 Å². The van der Waals surface area contributed by atoms with Crippen molar-refractivity contribution in [3.05, 3.63) is 64.7 Å². The first-order valence-corrected chi connectivity index (χ1v) is 7.77. The fraction of sp³-hybridized carbons (Fsp3) is 0.222. The van der Waals surface area contributed by atoms with Gasteiger partial charge in [0.05, 0.1) is 0 Å². The number of carbonyl (C=O) groups is 2. The molecule has 5 heteroatoms. The Bertz CT molecular complexity index is 696. The van der Waals surface area contributed by atoms with Gasteiger partial charge >= 0.3 is 0 Å². The quantitative estimate of drug-likeness (QED) is 0.874. The molecule has 0 fully saturated rings. The Balaban J connectivity index is 1.95. The van der Waals surface area contributed by atoms with Crippen molar-refractivity contribution in [1.82, 2.24) is 5.32 Å². The van der Waals surface area contributed by atoms with Crippen LogP contribution in [0.25, 0.3) is 0 Å². The zero-order valence-corrected chi connectivity index (χ0v) is 13.9. The number of nitrogens with one attached hydrogen (secondary N) is 2. The number of hydrogen-bond acceptors (Lipinski definition) is 2. The van der Waals surface area contributed by atoms with Crippen molar-refractivity contribution in [2.45, 2.75) is 20.4 Å². The summed E-state index contributed by atoms with van der Waals surface area (Å²) in [5, 5.41) is 6.23. The number of benzene rings is 2. The van der Waals surface area contributed by atoms with E-state index < -0.39 is 0 Å². The molecule has 0 unspecified atom stereocenters. The predicted molar refractivity (Wildman–Crippen MR) is 92.5 cm³/mol. The average Bonchev–Trinajstić information content (AvgIpc) is 2.54. The van der Waals surface area contributed by atoms with Gasteiger partial charge in [0.1, 0.15) is 0 Å². The van der Waals surface area contributed by atoms with E-state index in [1.165, 1.54) is 0 Å². The van der Waals surface area contributed by atoms with Gasteiger partial charge in [-0.25, -0.2) is 0 Å². The molecule has 0 saturated carbocycles. The molecule has 0 radical (unpaired) electrons. The number of halogens is 1. The molecule has 2 aromatic carbocycles. The molecule has 0 aliphatic carbocycles. The highest BCUT2D eigenvalue weighted by atomic mass is 35.5. The van der Waals surface area contributed by atoms with Crippen LogP contribution in [-0.4, -0.2) is 11.8 Å². The van der Waals surface area contributed by atoms with Gasteiger partial charge in [0.2, 0.25) is 5.91 Å². The van der Waals surface area contributed by atoms with Crippen LogP contribution in [0.4, 0.5) is 5.69 Å².